The Morgan fingerprint density at radius 2 is 1.96 bits per heavy atom. The molecule has 4 rings (SSSR count). The van der Waals surface area contributed by atoms with Crippen LogP contribution in [-0.2, 0) is 14.8 Å². The van der Waals surface area contributed by atoms with E-state index in [1.54, 1.807) is 0 Å². The van der Waals surface area contributed by atoms with Crippen molar-refractivity contribution < 1.29 is 17.6 Å². The molecule has 0 bridgehead atoms. The van der Waals surface area contributed by atoms with Crippen LogP contribution in [0.15, 0.2) is 29.2 Å². The monoisotopic (exact) mass is 367 g/mol. The minimum atomic E-state index is -3.67. The lowest BCUT2D eigenvalue weighted by atomic mass is 9.77. The van der Waals surface area contributed by atoms with E-state index >= 15 is 0 Å². The highest BCUT2D eigenvalue weighted by Gasteiger charge is 2.49. The summed E-state index contributed by atoms with van der Waals surface area (Å²) in [6.45, 7) is 3.25. The summed E-state index contributed by atoms with van der Waals surface area (Å²) in [6, 6.07) is 5.09. The minimum absolute atomic E-state index is 0.00618. The van der Waals surface area contributed by atoms with Crippen LogP contribution in [-0.4, -0.2) is 62.3 Å². The van der Waals surface area contributed by atoms with Gasteiger partial charge in [-0.15, -0.1) is 0 Å². The first-order valence-electron chi connectivity index (χ1n) is 8.67. The zero-order valence-corrected chi connectivity index (χ0v) is 14.8. The molecule has 1 N–H and O–H groups in total. The fourth-order valence-corrected chi connectivity index (χ4v) is 5.89. The zero-order chi connectivity index (χ0) is 17.7. The maximum atomic E-state index is 13.4. The molecular weight excluding hydrogens is 345 g/mol. The summed E-state index contributed by atoms with van der Waals surface area (Å²) >= 11 is 0. The molecule has 0 radical (unpaired) electrons. The fourth-order valence-electron chi connectivity index (χ4n) is 4.42. The van der Waals surface area contributed by atoms with E-state index in [0.29, 0.717) is 19.6 Å². The lowest BCUT2D eigenvalue weighted by Crippen LogP contribution is -2.52. The van der Waals surface area contributed by atoms with E-state index in [0.717, 1.165) is 38.4 Å². The topological polar surface area (TPSA) is 69.7 Å². The molecule has 0 saturated carbocycles. The maximum absolute atomic E-state index is 13.4. The second-order valence-electron chi connectivity index (χ2n) is 7.34. The standard InChI is InChI=1S/C17H22FN3O3S/c18-13-2-1-3-14(10-13)25(23,24)21-7-4-17(5-8-21)11-15-16(22)19-6-9-20(15)12-17/h1-3,10,15H,4-9,11-12H2,(H,19,22). The Morgan fingerprint density at radius 3 is 2.64 bits per heavy atom. The molecule has 25 heavy (non-hydrogen) atoms. The van der Waals surface area contributed by atoms with Crippen LogP contribution in [0.2, 0.25) is 0 Å². The summed E-state index contributed by atoms with van der Waals surface area (Å²) in [5.74, 6) is -0.453. The molecule has 3 saturated heterocycles. The van der Waals surface area contributed by atoms with Gasteiger partial charge in [0.1, 0.15) is 5.82 Å². The Balaban J connectivity index is 1.48. The van der Waals surface area contributed by atoms with Gasteiger partial charge in [0, 0.05) is 32.7 Å². The van der Waals surface area contributed by atoms with Crippen molar-refractivity contribution in [2.45, 2.75) is 30.2 Å². The van der Waals surface area contributed by atoms with Crippen molar-refractivity contribution in [2.75, 3.05) is 32.7 Å². The Bertz CT molecular complexity index is 790. The molecule has 3 aliphatic rings. The van der Waals surface area contributed by atoms with Crippen LogP contribution >= 0.6 is 0 Å². The maximum Gasteiger partial charge on any atom is 0.243 e. The lowest BCUT2D eigenvalue weighted by Gasteiger charge is -2.38. The molecular formula is C17H22FN3O3S. The minimum Gasteiger partial charge on any atom is -0.353 e. The molecule has 1 aromatic rings. The molecule has 1 aromatic carbocycles. The average molecular weight is 367 g/mol. The first-order chi connectivity index (χ1) is 11.9. The van der Waals surface area contributed by atoms with E-state index in [2.05, 4.69) is 10.2 Å². The Morgan fingerprint density at radius 1 is 1.20 bits per heavy atom. The van der Waals surface area contributed by atoms with E-state index in [9.17, 15) is 17.6 Å². The third kappa shape index (κ3) is 2.96. The van der Waals surface area contributed by atoms with Gasteiger partial charge in [0.05, 0.1) is 10.9 Å². The van der Waals surface area contributed by atoms with Crippen LogP contribution in [0.1, 0.15) is 19.3 Å². The number of piperidine rings is 1. The van der Waals surface area contributed by atoms with Gasteiger partial charge in [-0.05, 0) is 42.9 Å². The first-order valence-corrected chi connectivity index (χ1v) is 10.1. The molecule has 8 heteroatoms. The number of nitrogens with one attached hydrogen (secondary N) is 1. The van der Waals surface area contributed by atoms with Gasteiger partial charge < -0.3 is 5.32 Å². The number of amides is 1. The highest BCUT2D eigenvalue weighted by atomic mass is 32.2. The largest absolute Gasteiger partial charge is 0.353 e. The predicted octanol–water partition coefficient (Wildman–Crippen LogP) is 0.801. The number of benzene rings is 1. The van der Waals surface area contributed by atoms with E-state index in [4.69, 9.17) is 0 Å². The van der Waals surface area contributed by atoms with Crippen LogP contribution in [0, 0.1) is 11.2 Å². The molecule has 6 nitrogen and oxygen atoms in total. The number of carbonyl (C=O) groups is 1. The van der Waals surface area contributed by atoms with Gasteiger partial charge in [0.2, 0.25) is 15.9 Å². The number of rotatable bonds is 2. The van der Waals surface area contributed by atoms with Gasteiger partial charge in [-0.25, -0.2) is 12.8 Å². The van der Waals surface area contributed by atoms with Gasteiger partial charge >= 0.3 is 0 Å². The lowest BCUT2D eigenvalue weighted by molar-refractivity contribution is -0.127. The van der Waals surface area contributed by atoms with Crippen molar-refractivity contribution in [3.05, 3.63) is 30.1 Å². The van der Waals surface area contributed by atoms with Gasteiger partial charge in [0.25, 0.3) is 0 Å². The van der Waals surface area contributed by atoms with Gasteiger partial charge in [-0.1, -0.05) is 6.07 Å². The summed E-state index contributed by atoms with van der Waals surface area (Å²) in [5.41, 5.74) is 0.0142. The highest BCUT2D eigenvalue weighted by Crippen LogP contribution is 2.44. The van der Waals surface area contributed by atoms with Crippen LogP contribution in [0.25, 0.3) is 0 Å². The van der Waals surface area contributed by atoms with Crippen molar-refractivity contribution in [1.82, 2.24) is 14.5 Å². The van der Waals surface area contributed by atoms with Gasteiger partial charge in [-0.2, -0.15) is 4.31 Å². The van der Waals surface area contributed by atoms with Crippen LogP contribution in [0.3, 0.4) is 0 Å². The summed E-state index contributed by atoms with van der Waals surface area (Å²) < 4.78 is 40.3. The third-order valence-electron chi connectivity index (χ3n) is 5.82. The Labute approximate surface area is 147 Å². The normalized spacial score (nSPS) is 27.2. The average Bonchev–Trinajstić information content (AvgIpc) is 2.94. The molecule has 1 atom stereocenters. The zero-order valence-electron chi connectivity index (χ0n) is 13.9. The Hall–Kier alpha value is -1.51. The van der Waals surface area contributed by atoms with Crippen molar-refractivity contribution in [2.24, 2.45) is 5.41 Å². The Kier molecular flexibility index (Phi) is 4.09. The molecule has 3 fully saturated rings. The number of hydrogen-bond acceptors (Lipinski definition) is 4. The summed E-state index contributed by atoms with van der Waals surface area (Å²) in [4.78, 5) is 14.3. The number of piperazine rings is 1. The second-order valence-corrected chi connectivity index (χ2v) is 9.28. The number of carbonyl (C=O) groups excluding carboxylic acids is 1. The van der Waals surface area contributed by atoms with Crippen LogP contribution < -0.4 is 5.32 Å². The number of sulfonamides is 1. The number of nitrogens with zero attached hydrogens (tertiary/aromatic N) is 2. The van der Waals surface area contributed by atoms with Crippen molar-refractivity contribution in [3.8, 4) is 0 Å². The van der Waals surface area contributed by atoms with Crippen molar-refractivity contribution >= 4 is 15.9 Å². The number of hydrogen-bond donors (Lipinski definition) is 1. The highest BCUT2D eigenvalue weighted by molar-refractivity contribution is 7.89. The predicted molar refractivity (Wildman–Crippen MR) is 89.8 cm³/mol. The molecule has 0 aliphatic carbocycles. The van der Waals surface area contributed by atoms with Crippen molar-refractivity contribution in [3.63, 3.8) is 0 Å². The molecule has 3 aliphatic heterocycles. The molecule has 3 heterocycles. The second kappa shape index (κ2) is 6.03. The van der Waals surface area contributed by atoms with E-state index in [1.165, 1.54) is 22.5 Å². The van der Waals surface area contributed by atoms with Crippen LogP contribution in [0.5, 0.6) is 0 Å². The molecule has 0 aromatic heterocycles. The number of halogens is 1. The van der Waals surface area contributed by atoms with E-state index in [1.807, 2.05) is 0 Å². The SMILES string of the molecule is O=C1NCCN2CC3(CCN(S(=O)(=O)c4cccc(F)c4)CC3)CC12. The molecule has 1 amide bonds. The molecule has 136 valence electrons. The van der Waals surface area contributed by atoms with E-state index in [-0.39, 0.29) is 22.3 Å². The fraction of sp³-hybridized carbons (Fsp3) is 0.588. The third-order valence-corrected chi connectivity index (χ3v) is 7.72. The smallest absolute Gasteiger partial charge is 0.243 e. The summed E-state index contributed by atoms with van der Waals surface area (Å²) in [5, 5.41) is 2.91. The van der Waals surface area contributed by atoms with Crippen LogP contribution in [0.4, 0.5) is 4.39 Å². The van der Waals surface area contributed by atoms with Gasteiger partial charge in [0.15, 0.2) is 0 Å². The number of fused-ring (bicyclic) bond motifs is 1. The first kappa shape index (κ1) is 16.9. The van der Waals surface area contributed by atoms with Crippen molar-refractivity contribution in [1.29, 1.82) is 0 Å². The van der Waals surface area contributed by atoms with E-state index < -0.39 is 15.8 Å². The molecule has 1 unspecified atom stereocenters. The quantitative estimate of drug-likeness (QED) is 0.840. The molecule has 1 spiro atoms. The van der Waals surface area contributed by atoms with Gasteiger partial charge in [-0.3, -0.25) is 9.69 Å². The summed E-state index contributed by atoms with van der Waals surface area (Å²) in [7, 11) is -3.67. The summed E-state index contributed by atoms with van der Waals surface area (Å²) in [6.07, 6.45) is 2.27.